The van der Waals surface area contributed by atoms with Gasteiger partial charge in [-0.05, 0) is 92.3 Å². The van der Waals surface area contributed by atoms with Gasteiger partial charge in [-0.25, -0.2) is 0 Å². The Hall–Kier alpha value is -0.530. The van der Waals surface area contributed by atoms with Crippen molar-refractivity contribution in [2.75, 3.05) is 0 Å². The van der Waals surface area contributed by atoms with E-state index in [1.54, 1.807) is 6.92 Å². The molecule has 4 aliphatic carbocycles. The van der Waals surface area contributed by atoms with Gasteiger partial charge in [-0.2, -0.15) is 0 Å². The van der Waals surface area contributed by atoms with E-state index in [0.717, 1.165) is 36.5 Å². The van der Waals surface area contributed by atoms with Crippen LogP contribution in [0.1, 0.15) is 85.0 Å². The Morgan fingerprint density at radius 2 is 1.78 bits per heavy atom. The molecule has 2 nitrogen and oxygen atoms in total. The van der Waals surface area contributed by atoms with Crippen LogP contribution in [0.4, 0.5) is 0 Å². The minimum Gasteiger partial charge on any atom is -0.463 e. The summed E-state index contributed by atoms with van der Waals surface area (Å²) in [6, 6.07) is 0. The Labute approximate surface area is 141 Å². The van der Waals surface area contributed by atoms with Crippen molar-refractivity contribution in [2.45, 2.75) is 91.1 Å². The highest BCUT2D eigenvalue weighted by atomic mass is 16.5. The van der Waals surface area contributed by atoms with Crippen LogP contribution >= 0.6 is 0 Å². The quantitative estimate of drug-likeness (QED) is 0.609. The lowest BCUT2D eigenvalue weighted by molar-refractivity contribution is -0.159. The Morgan fingerprint density at radius 3 is 2.57 bits per heavy atom. The first-order valence-corrected chi connectivity index (χ1v) is 10.1. The normalized spacial score (nSPS) is 52.2. The molecule has 0 bridgehead atoms. The van der Waals surface area contributed by atoms with Crippen molar-refractivity contribution in [3.63, 3.8) is 0 Å². The topological polar surface area (TPSA) is 26.3 Å². The third-order valence-corrected chi connectivity index (χ3v) is 8.73. The number of carbonyl (C=O) groups is 1. The summed E-state index contributed by atoms with van der Waals surface area (Å²) in [4.78, 5) is 11.3. The average molecular weight is 319 g/mol. The second-order valence-electron chi connectivity index (χ2n) is 9.75. The van der Waals surface area contributed by atoms with E-state index in [4.69, 9.17) is 4.74 Å². The predicted octanol–water partition coefficient (Wildman–Crippen LogP) is 5.35. The van der Waals surface area contributed by atoms with Crippen molar-refractivity contribution >= 4 is 5.97 Å². The molecule has 0 N–H and O–H groups in total. The van der Waals surface area contributed by atoms with Gasteiger partial charge in [0.1, 0.15) is 6.10 Å². The molecule has 23 heavy (non-hydrogen) atoms. The third kappa shape index (κ3) is 2.46. The molecule has 4 fully saturated rings. The first kappa shape index (κ1) is 16.0. The Morgan fingerprint density at radius 1 is 0.957 bits per heavy atom. The van der Waals surface area contributed by atoms with Crippen LogP contribution in [-0.4, -0.2) is 12.1 Å². The van der Waals surface area contributed by atoms with Crippen LogP contribution in [0.2, 0.25) is 0 Å². The summed E-state index contributed by atoms with van der Waals surface area (Å²) in [5.74, 6) is 3.63. The Kier molecular flexibility index (Phi) is 3.81. The maximum absolute atomic E-state index is 11.3. The van der Waals surface area contributed by atoms with Gasteiger partial charge in [0, 0.05) is 6.92 Å². The van der Waals surface area contributed by atoms with Gasteiger partial charge in [0.25, 0.3) is 0 Å². The molecule has 7 atom stereocenters. The molecule has 0 radical (unpaired) electrons. The number of rotatable bonds is 1. The molecule has 0 saturated heterocycles. The molecule has 4 rings (SSSR count). The maximum atomic E-state index is 11.3. The first-order valence-electron chi connectivity index (χ1n) is 10.1. The molecule has 130 valence electrons. The molecule has 4 aliphatic rings. The molecule has 0 aromatic rings. The number of carbonyl (C=O) groups excluding carboxylic acids is 1. The van der Waals surface area contributed by atoms with Crippen molar-refractivity contribution in [2.24, 2.45) is 34.5 Å². The molecule has 0 aromatic carbocycles. The highest BCUT2D eigenvalue weighted by Crippen LogP contribution is 2.66. The van der Waals surface area contributed by atoms with E-state index in [-0.39, 0.29) is 12.1 Å². The monoisotopic (exact) mass is 318 g/mol. The lowest BCUT2D eigenvalue weighted by atomic mass is 9.45. The SMILES string of the molecule is CC(=O)O[C@@H]1CC[C@@]2(C)[C@@H](CC[C@H]3[C@H]4CCC[C@@]4(C)CC[C@H]32)C1. The zero-order valence-electron chi connectivity index (χ0n) is 15.3. The lowest BCUT2D eigenvalue weighted by Crippen LogP contribution is -2.53. The summed E-state index contributed by atoms with van der Waals surface area (Å²) in [5.41, 5.74) is 1.18. The molecule has 0 amide bonds. The number of fused-ring (bicyclic) bond motifs is 5. The van der Waals surface area contributed by atoms with Gasteiger partial charge in [-0.3, -0.25) is 4.79 Å². The fourth-order valence-electron chi connectivity index (χ4n) is 7.55. The summed E-state index contributed by atoms with van der Waals surface area (Å²) < 4.78 is 5.57. The summed E-state index contributed by atoms with van der Waals surface area (Å²) in [6.45, 7) is 6.75. The molecule has 0 spiro atoms. The zero-order chi connectivity index (χ0) is 16.2. The van der Waals surface area contributed by atoms with Crippen LogP contribution in [0.15, 0.2) is 0 Å². The molecular formula is C21H34O2. The van der Waals surface area contributed by atoms with Gasteiger partial charge < -0.3 is 4.74 Å². The number of hydrogen-bond acceptors (Lipinski definition) is 2. The zero-order valence-corrected chi connectivity index (χ0v) is 15.3. The molecule has 0 heterocycles. The van der Waals surface area contributed by atoms with E-state index < -0.39 is 0 Å². The third-order valence-electron chi connectivity index (χ3n) is 8.73. The number of esters is 1. The van der Waals surface area contributed by atoms with Gasteiger partial charge in [0.15, 0.2) is 0 Å². The number of ether oxygens (including phenoxy) is 1. The fraction of sp³-hybridized carbons (Fsp3) is 0.952. The van der Waals surface area contributed by atoms with Gasteiger partial charge in [0.2, 0.25) is 0 Å². The van der Waals surface area contributed by atoms with E-state index >= 15 is 0 Å². The van der Waals surface area contributed by atoms with E-state index in [0.29, 0.717) is 10.8 Å². The van der Waals surface area contributed by atoms with Crippen LogP contribution in [0.5, 0.6) is 0 Å². The fourth-order valence-corrected chi connectivity index (χ4v) is 7.55. The second-order valence-corrected chi connectivity index (χ2v) is 9.75. The van der Waals surface area contributed by atoms with Crippen LogP contribution in [0, 0.1) is 34.5 Å². The first-order chi connectivity index (χ1) is 10.9. The van der Waals surface area contributed by atoms with Crippen molar-refractivity contribution < 1.29 is 9.53 Å². The summed E-state index contributed by atoms with van der Waals surface area (Å²) in [5, 5.41) is 0. The van der Waals surface area contributed by atoms with Gasteiger partial charge in [-0.15, -0.1) is 0 Å². The predicted molar refractivity (Wildman–Crippen MR) is 91.9 cm³/mol. The molecule has 0 aliphatic heterocycles. The molecular weight excluding hydrogens is 284 g/mol. The Bertz CT molecular complexity index is 486. The van der Waals surface area contributed by atoms with E-state index in [2.05, 4.69) is 13.8 Å². The van der Waals surface area contributed by atoms with Crippen LogP contribution in [-0.2, 0) is 9.53 Å². The van der Waals surface area contributed by atoms with Gasteiger partial charge >= 0.3 is 5.97 Å². The van der Waals surface area contributed by atoms with Gasteiger partial charge in [-0.1, -0.05) is 20.3 Å². The largest absolute Gasteiger partial charge is 0.463 e. The van der Waals surface area contributed by atoms with Crippen LogP contribution in [0.3, 0.4) is 0 Å². The van der Waals surface area contributed by atoms with Crippen LogP contribution in [0.25, 0.3) is 0 Å². The molecule has 0 unspecified atom stereocenters. The smallest absolute Gasteiger partial charge is 0.302 e. The highest BCUT2D eigenvalue weighted by molar-refractivity contribution is 5.66. The van der Waals surface area contributed by atoms with E-state index in [1.807, 2.05) is 0 Å². The van der Waals surface area contributed by atoms with Crippen molar-refractivity contribution in [3.8, 4) is 0 Å². The lowest BCUT2D eigenvalue weighted by Gasteiger charge is -2.60. The van der Waals surface area contributed by atoms with Crippen molar-refractivity contribution in [1.29, 1.82) is 0 Å². The number of hydrogen-bond donors (Lipinski definition) is 0. The van der Waals surface area contributed by atoms with Crippen molar-refractivity contribution in [1.82, 2.24) is 0 Å². The standard InChI is InChI=1S/C21H34O2/c1-14(22)23-16-8-12-21(3)15(13-16)6-7-17-18-5-4-10-20(18,2)11-9-19(17)21/h15-19H,4-13H2,1-3H3/t15-,16+,17-,18+,19+,20-,21-/m0/s1. The molecule has 2 heteroatoms. The Balaban J connectivity index is 1.53. The van der Waals surface area contributed by atoms with E-state index in [1.165, 1.54) is 51.4 Å². The highest BCUT2D eigenvalue weighted by Gasteiger charge is 2.57. The molecule has 4 saturated carbocycles. The van der Waals surface area contributed by atoms with E-state index in [9.17, 15) is 4.79 Å². The summed E-state index contributed by atoms with van der Waals surface area (Å²) in [7, 11) is 0. The average Bonchev–Trinajstić information content (AvgIpc) is 2.89. The van der Waals surface area contributed by atoms with Crippen molar-refractivity contribution in [3.05, 3.63) is 0 Å². The minimum atomic E-state index is -0.0910. The molecule has 0 aromatic heterocycles. The van der Waals surface area contributed by atoms with Crippen LogP contribution < -0.4 is 0 Å². The minimum absolute atomic E-state index is 0.0910. The van der Waals surface area contributed by atoms with Gasteiger partial charge in [0.05, 0.1) is 0 Å². The summed E-state index contributed by atoms with van der Waals surface area (Å²) >= 11 is 0. The maximum Gasteiger partial charge on any atom is 0.302 e. The summed E-state index contributed by atoms with van der Waals surface area (Å²) in [6.07, 6.45) is 13.9. The second kappa shape index (κ2) is 5.49.